The van der Waals surface area contributed by atoms with Gasteiger partial charge in [0, 0.05) is 10.5 Å². The molecule has 0 radical (unpaired) electrons. The minimum absolute atomic E-state index is 0.169. The summed E-state index contributed by atoms with van der Waals surface area (Å²) >= 11 is 1.68. The highest BCUT2D eigenvalue weighted by molar-refractivity contribution is 7.98. The number of hydrogen-bond donors (Lipinski definition) is 0. The van der Waals surface area contributed by atoms with Crippen LogP contribution >= 0.6 is 11.8 Å². The zero-order valence-electron chi connectivity index (χ0n) is 8.78. The second-order valence-corrected chi connectivity index (χ2v) is 4.27. The van der Waals surface area contributed by atoms with Crippen molar-refractivity contribution in [3.05, 3.63) is 29.8 Å². The van der Waals surface area contributed by atoms with Crippen molar-refractivity contribution in [2.45, 2.75) is 4.90 Å². The summed E-state index contributed by atoms with van der Waals surface area (Å²) in [5.41, 5.74) is 0.788. The van der Waals surface area contributed by atoms with E-state index in [1.165, 1.54) is 4.90 Å². The van der Waals surface area contributed by atoms with E-state index in [1.54, 1.807) is 11.8 Å². The maximum absolute atomic E-state index is 11.6. The van der Waals surface area contributed by atoms with Crippen LogP contribution in [0.4, 0.5) is 0 Å². The van der Waals surface area contributed by atoms with Gasteiger partial charge in [0.1, 0.15) is 0 Å². The molecule has 1 rings (SSSR count). The van der Waals surface area contributed by atoms with Crippen LogP contribution in [0.5, 0.6) is 0 Å². The maximum atomic E-state index is 11.6. The van der Waals surface area contributed by atoms with Gasteiger partial charge in [-0.2, -0.15) is 0 Å². The van der Waals surface area contributed by atoms with E-state index in [0.717, 1.165) is 5.56 Å². The summed E-state index contributed by atoms with van der Waals surface area (Å²) in [5.74, 6) is 0.169. The van der Waals surface area contributed by atoms with Crippen LogP contribution in [0.1, 0.15) is 10.4 Å². The first kappa shape index (κ1) is 11.3. The summed E-state index contributed by atoms with van der Waals surface area (Å²) in [7, 11) is 3.79. The van der Waals surface area contributed by atoms with Gasteiger partial charge >= 0.3 is 0 Å². The molecular weight excluding hydrogens is 194 g/mol. The van der Waals surface area contributed by atoms with Gasteiger partial charge in [-0.3, -0.25) is 4.79 Å². The molecule has 1 aromatic rings. The Bertz CT molecular complexity index is 306. The lowest BCUT2D eigenvalue weighted by atomic mass is 10.1. The maximum Gasteiger partial charge on any atom is 0.176 e. The molecule has 0 aliphatic heterocycles. The number of carbonyl (C=O) groups is 1. The third-order valence-electron chi connectivity index (χ3n) is 1.87. The monoisotopic (exact) mass is 209 g/mol. The average molecular weight is 209 g/mol. The van der Waals surface area contributed by atoms with Crippen molar-refractivity contribution in [2.24, 2.45) is 0 Å². The summed E-state index contributed by atoms with van der Waals surface area (Å²) < 4.78 is 0. The second kappa shape index (κ2) is 5.17. The van der Waals surface area contributed by atoms with E-state index >= 15 is 0 Å². The molecule has 2 nitrogen and oxygen atoms in total. The zero-order chi connectivity index (χ0) is 10.6. The van der Waals surface area contributed by atoms with E-state index in [4.69, 9.17) is 0 Å². The predicted octanol–water partition coefficient (Wildman–Crippen LogP) is 2.15. The molecule has 0 aromatic heterocycles. The molecular formula is C11H15NOS. The Morgan fingerprint density at radius 2 is 1.86 bits per heavy atom. The van der Waals surface area contributed by atoms with E-state index in [0.29, 0.717) is 6.54 Å². The fraction of sp³-hybridized carbons (Fsp3) is 0.364. The molecule has 3 heteroatoms. The first-order valence-electron chi connectivity index (χ1n) is 4.45. The van der Waals surface area contributed by atoms with Crippen molar-refractivity contribution in [3.63, 3.8) is 0 Å². The SMILES string of the molecule is CSc1ccc(C(=O)CN(C)C)cc1. The lowest BCUT2D eigenvalue weighted by molar-refractivity contribution is 0.0958. The van der Waals surface area contributed by atoms with Gasteiger partial charge in [0.25, 0.3) is 0 Å². The van der Waals surface area contributed by atoms with E-state index < -0.39 is 0 Å². The molecule has 0 bridgehead atoms. The van der Waals surface area contributed by atoms with Crippen molar-refractivity contribution < 1.29 is 4.79 Å². The summed E-state index contributed by atoms with van der Waals surface area (Å²) in [6, 6.07) is 7.73. The minimum atomic E-state index is 0.169. The largest absolute Gasteiger partial charge is 0.302 e. The van der Waals surface area contributed by atoms with Gasteiger partial charge < -0.3 is 4.90 Å². The molecule has 0 spiro atoms. The summed E-state index contributed by atoms with van der Waals surface area (Å²) in [4.78, 5) is 14.7. The van der Waals surface area contributed by atoms with Gasteiger partial charge in [0.15, 0.2) is 5.78 Å². The van der Waals surface area contributed by atoms with Gasteiger partial charge in [-0.25, -0.2) is 0 Å². The fourth-order valence-corrected chi connectivity index (χ4v) is 1.56. The summed E-state index contributed by atoms with van der Waals surface area (Å²) in [5, 5.41) is 0. The van der Waals surface area contributed by atoms with Crippen LogP contribution in [0.25, 0.3) is 0 Å². The van der Waals surface area contributed by atoms with Gasteiger partial charge in [0.05, 0.1) is 6.54 Å². The Hall–Kier alpha value is -0.800. The van der Waals surface area contributed by atoms with E-state index in [9.17, 15) is 4.79 Å². The summed E-state index contributed by atoms with van der Waals surface area (Å²) in [6.45, 7) is 0.471. The van der Waals surface area contributed by atoms with Crippen LogP contribution < -0.4 is 0 Å². The minimum Gasteiger partial charge on any atom is -0.302 e. The first-order chi connectivity index (χ1) is 6.63. The van der Waals surface area contributed by atoms with Crippen molar-refractivity contribution in [1.29, 1.82) is 0 Å². The molecule has 0 unspecified atom stereocenters. The van der Waals surface area contributed by atoms with Gasteiger partial charge in [0.2, 0.25) is 0 Å². The Labute approximate surface area is 89.3 Å². The lowest BCUT2D eigenvalue weighted by Crippen LogP contribution is -2.21. The Kier molecular flexibility index (Phi) is 4.17. The number of benzene rings is 1. The molecule has 0 atom stereocenters. The molecule has 0 aliphatic rings. The smallest absolute Gasteiger partial charge is 0.176 e. The van der Waals surface area contributed by atoms with Crippen LogP contribution in [0.3, 0.4) is 0 Å². The number of thioether (sulfide) groups is 1. The zero-order valence-corrected chi connectivity index (χ0v) is 9.60. The van der Waals surface area contributed by atoms with Crippen molar-refractivity contribution in [3.8, 4) is 0 Å². The molecule has 0 saturated heterocycles. The third kappa shape index (κ3) is 3.16. The number of Topliss-reactive ketones (excluding diaryl/α,β-unsaturated/α-hetero) is 1. The Morgan fingerprint density at radius 3 is 2.29 bits per heavy atom. The van der Waals surface area contributed by atoms with Crippen LogP contribution in [0.2, 0.25) is 0 Å². The van der Waals surface area contributed by atoms with Gasteiger partial charge in [-0.15, -0.1) is 11.8 Å². The fourth-order valence-electron chi connectivity index (χ4n) is 1.16. The molecule has 0 amide bonds. The van der Waals surface area contributed by atoms with Gasteiger partial charge in [-0.05, 0) is 32.5 Å². The number of nitrogens with zero attached hydrogens (tertiary/aromatic N) is 1. The topological polar surface area (TPSA) is 20.3 Å². The standard InChI is InChI=1S/C11H15NOS/c1-12(2)8-11(13)9-4-6-10(14-3)7-5-9/h4-7H,8H2,1-3H3. The van der Waals surface area contributed by atoms with E-state index in [2.05, 4.69) is 0 Å². The molecule has 1 aromatic carbocycles. The Balaban J connectivity index is 2.71. The molecule has 0 heterocycles. The van der Waals surface area contributed by atoms with Crippen LogP contribution in [-0.4, -0.2) is 37.6 Å². The van der Waals surface area contributed by atoms with Gasteiger partial charge in [-0.1, -0.05) is 12.1 Å². The van der Waals surface area contributed by atoms with Crippen LogP contribution in [0, 0.1) is 0 Å². The predicted molar refractivity (Wildman–Crippen MR) is 61.1 cm³/mol. The molecule has 14 heavy (non-hydrogen) atoms. The number of likely N-dealkylation sites (N-methyl/N-ethyl adjacent to an activating group) is 1. The quantitative estimate of drug-likeness (QED) is 0.560. The number of ketones is 1. The lowest BCUT2D eigenvalue weighted by Gasteiger charge is -2.08. The van der Waals surface area contributed by atoms with Crippen LogP contribution in [-0.2, 0) is 0 Å². The highest BCUT2D eigenvalue weighted by atomic mass is 32.2. The molecule has 0 fully saturated rings. The summed E-state index contributed by atoms with van der Waals surface area (Å²) in [6.07, 6.45) is 2.02. The Morgan fingerprint density at radius 1 is 1.29 bits per heavy atom. The average Bonchev–Trinajstić information content (AvgIpc) is 2.17. The second-order valence-electron chi connectivity index (χ2n) is 3.39. The third-order valence-corrected chi connectivity index (χ3v) is 2.62. The highest BCUT2D eigenvalue weighted by Crippen LogP contribution is 2.15. The normalized spacial score (nSPS) is 10.6. The van der Waals surface area contributed by atoms with Crippen molar-refractivity contribution >= 4 is 17.5 Å². The number of rotatable bonds is 4. The van der Waals surface area contributed by atoms with E-state index in [-0.39, 0.29) is 5.78 Å². The van der Waals surface area contributed by atoms with Crippen molar-refractivity contribution in [1.82, 2.24) is 4.90 Å². The first-order valence-corrected chi connectivity index (χ1v) is 5.68. The van der Waals surface area contributed by atoms with Crippen molar-refractivity contribution in [2.75, 3.05) is 26.9 Å². The molecule has 0 N–H and O–H groups in total. The molecule has 76 valence electrons. The van der Waals surface area contributed by atoms with Crippen LogP contribution in [0.15, 0.2) is 29.2 Å². The van der Waals surface area contributed by atoms with E-state index in [1.807, 2.05) is 49.5 Å². The molecule has 0 saturated carbocycles. The number of hydrogen-bond acceptors (Lipinski definition) is 3. The highest BCUT2D eigenvalue weighted by Gasteiger charge is 2.05. The number of carbonyl (C=O) groups excluding carboxylic acids is 1. The molecule has 0 aliphatic carbocycles.